The minimum absolute atomic E-state index is 0.208. The van der Waals surface area contributed by atoms with Gasteiger partial charge < -0.3 is 4.74 Å². The molecule has 2 aliphatic rings. The highest BCUT2D eigenvalue weighted by Crippen LogP contribution is 2.35. The van der Waals surface area contributed by atoms with E-state index in [1.807, 2.05) is 5.38 Å². The molecule has 26 heavy (non-hydrogen) atoms. The van der Waals surface area contributed by atoms with Crippen LogP contribution in [0.4, 0.5) is 5.13 Å². The van der Waals surface area contributed by atoms with E-state index in [4.69, 9.17) is 4.74 Å². The zero-order valence-electron chi connectivity index (χ0n) is 14.6. The lowest BCUT2D eigenvalue weighted by Gasteiger charge is -2.25. The van der Waals surface area contributed by atoms with Gasteiger partial charge in [-0.15, -0.1) is 21.5 Å². The highest BCUT2D eigenvalue weighted by atomic mass is 32.1. The van der Waals surface area contributed by atoms with Gasteiger partial charge in [0, 0.05) is 24.4 Å². The maximum atomic E-state index is 12.4. The van der Waals surface area contributed by atoms with E-state index in [1.54, 1.807) is 0 Å². The van der Waals surface area contributed by atoms with Gasteiger partial charge in [-0.05, 0) is 12.8 Å². The number of carbonyl (C=O) groups excluding carboxylic acids is 1. The molecule has 0 spiro atoms. The molecular weight excluding hydrogens is 370 g/mol. The van der Waals surface area contributed by atoms with Crippen LogP contribution in [0.1, 0.15) is 58.5 Å². The van der Waals surface area contributed by atoms with Gasteiger partial charge in [-0.1, -0.05) is 30.6 Å². The van der Waals surface area contributed by atoms with E-state index in [0.717, 1.165) is 42.9 Å². The molecule has 0 aromatic carbocycles. The van der Waals surface area contributed by atoms with E-state index in [2.05, 4.69) is 25.4 Å². The molecule has 4 rings (SSSR count). The number of hydrogen-bond donors (Lipinski definition) is 1. The average molecular weight is 394 g/mol. The zero-order chi connectivity index (χ0) is 17.8. The van der Waals surface area contributed by atoms with E-state index in [1.165, 1.54) is 54.8 Å². The van der Waals surface area contributed by atoms with Crippen molar-refractivity contribution in [2.75, 3.05) is 31.6 Å². The van der Waals surface area contributed by atoms with Crippen LogP contribution in [0.15, 0.2) is 5.38 Å². The molecule has 2 aromatic heterocycles. The second kappa shape index (κ2) is 8.51. The summed E-state index contributed by atoms with van der Waals surface area (Å²) in [6.07, 6.45) is 6.20. The first kappa shape index (κ1) is 18.0. The number of amides is 1. The number of aromatic nitrogens is 3. The SMILES string of the molecule is O=C(Nc1nnc(C2CCCCC2)s1)c1csc(CN2CCOCC2)n1. The van der Waals surface area contributed by atoms with E-state index in [-0.39, 0.29) is 5.91 Å². The Bertz CT molecular complexity index is 735. The van der Waals surface area contributed by atoms with Gasteiger partial charge in [-0.2, -0.15) is 0 Å². The summed E-state index contributed by atoms with van der Waals surface area (Å²) in [6, 6.07) is 0. The number of morpholine rings is 1. The molecule has 2 fully saturated rings. The summed E-state index contributed by atoms with van der Waals surface area (Å²) < 4.78 is 5.36. The fraction of sp³-hybridized carbons (Fsp3) is 0.647. The first-order valence-electron chi connectivity index (χ1n) is 9.17. The highest BCUT2D eigenvalue weighted by Gasteiger charge is 2.21. The molecular formula is C17H23N5O2S2. The summed E-state index contributed by atoms with van der Waals surface area (Å²) in [6.45, 7) is 4.12. The summed E-state index contributed by atoms with van der Waals surface area (Å²) in [5.41, 5.74) is 0.452. The fourth-order valence-electron chi connectivity index (χ4n) is 3.40. The number of hydrogen-bond acceptors (Lipinski definition) is 8. The zero-order valence-corrected chi connectivity index (χ0v) is 16.3. The van der Waals surface area contributed by atoms with Crippen molar-refractivity contribution in [1.82, 2.24) is 20.1 Å². The monoisotopic (exact) mass is 393 g/mol. The summed E-state index contributed by atoms with van der Waals surface area (Å²) in [5.74, 6) is 0.298. The largest absolute Gasteiger partial charge is 0.379 e. The van der Waals surface area contributed by atoms with Gasteiger partial charge in [0.2, 0.25) is 5.13 Å². The first-order chi connectivity index (χ1) is 12.8. The lowest BCUT2D eigenvalue weighted by molar-refractivity contribution is 0.0341. The van der Waals surface area contributed by atoms with E-state index in [9.17, 15) is 4.79 Å². The normalized spacial score (nSPS) is 19.5. The van der Waals surface area contributed by atoms with Gasteiger partial charge in [-0.3, -0.25) is 15.0 Å². The number of nitrogens with zero attached hydrogens (tertiary/aromatic N) is 4. The molecule has 1 aliphatic heterocycles. The molecule has 1 aliphatic carbocycles. The standard InChI is InChI=1S/C17H23N5O2S2/c23-15(13-11-25-14(18-13)10-22-6-8-24-9-7-22)19-17-21-20-16(26-17)12-4-2-1-3-5-12/h11-12H,1-10H2,(H,19,21,23). The summed E-state index contributed by atoms with van der Waals surface area (Å²) in [5, 5.41) is 15.7. The van der Waals surface area contributed by atoms with Crippen molar-refractivity contribution in [3.05, 3.63) is 21.1 Å². The Morgan fingerprint density at radius 3 is 2.85 bits per heavy atom. The van der Waals surface area contributed by atoms with Gasteiger partial charge in [0.15, 0.2) is 0 Å². The Morgan fingerprint density at radius 2 is 2.04 bits per heavy atom. The smallest absolute Gasteiger partial charge is 0.276 e. The molecule has 3 heterocycles. The maximum Gasteiger partial charge on any atom is 0.276 e. The third-order valence-electron chi connectivity index (χ3n) is 4.86. The van der Waals surface area contributed by atoms with Crippen LogP contribution >= 0.6 is 22.7 Å². The molecule has 1 amide bonds. The average Bonchev–Trinajstić information content (AvgIpc) is 3.33. The number of anilines is 1. The van der Waals surface area contributed by atoms with Crippen LogP contribution in [-0.2, 0) is 11.3 Å². The molecule has 0 radical (unpaired) electrons. The summed E-state index contributed by atoms with van der Waals surface area (Å²) in [7, 11) is 0. The van der Waals surface area contributed by atoms with Crippen molar-refractivity contribution < 1.29 is 9.53 Å². The Morgan fingerprint density at radius 1 is 1.23 bits per heavy atom. The van der Waals surface area contributed by atoms with Gasteiger partial charge >= 0.3 is 0 Å². The maximum absolute atomic E-state index is 12.4. The number of nitrogens with one attached hydrogen (secondary N) is 1. The number of carbonyl (C=O) groups is 1. The molecule has 0 bridgehead atoms. The van der Waals surface area contributed by atoms with Crippen LogP contribution in [0.5, 0.6) is 0 Å². The van der Waals surface area contributed by atoms with Crippen LogP contribution in [-0.4, -0.2) is 52.3 Å². The van der Waals surface area contributed by atoms with Crippen LogP contribution in [0.2, 0.25) is 0 Å². The Labute approximate surface area is 160 Å². The van der Waals surface area contributed by atoms with Crippen molar-refractivity contribution in [2.45, 2.75) is 44.6 Å². The Balaban J connectivity index is 1.34. The van der Waals surface area contributed by atoms with Crippen LogP contribution < -0.4 is 5.32 Å². The van der Waals surface area contributed by atoms with Crippen molar-refractivity contribution in [3.8, 4) is 0 Å². The molecule has 0 atom stereocenters. The van der Waals surface area contributed by atoms with Crippen LogP contribution in [0.3, 0.4) is 0 Å². The minimum Gasteiger partial charge on any atom is -0.379 e. The number of ether oxygens (including phenoxy) is 1. The minimum atomic E-state index is -0.208. The van der Waals surface area contributed by atoms with Gasteiger partial charge in [0.25, 0.3) is 5.91 Å². The molecule has 9 heteroatoms. The topological polar surface area (TPSA) is 80.2 Å². The quantitative estimate of drug-likeness (QED) is 0.841. The van der Waals surface area contributed by atoms with E-state index >= 15 is 0 Å². The molecule has 7 nitrogen and oxygen atoms in total. The van der Waals surface area contributed by atoms with Gasteiger partial charge in [-0.25, -0.2) is 4.98 Å². The van der Waals surface area contributed by atoms with Crippen molar-refractivity contribution >= 4 is 33.7 Å². The Hall–Kier alpha value is -1.42. The molecule has 2 aromatic rings. The predicted octanol–water partition coefficient (Wildman–Crippen LogP) is 3.13. The van der Waals surface area contributed by atoms with Crippen LogP contribution in [0, 0.1) is 0 Å². The Kier molecular flexibility index (Phi) is 5.88. The van der Waals surface area contributed by atoms with E-state index in [0.29, 0.717) is 16.7 Å². The first-order valence-corrected chi connectivity index (χ1v) is 10.9. The molecule has 1 saturated carbocycles. The van der Waals surface area contributed by atoms with Crippen molar-refractivity contribution in [2.24, 2.45) is 0 Å². The third kappa shape index (κ3) is 4.46. The summed E-state index contributed by atoms with van der Waals surface area (Å²) in [4.78, 5) is 19.2. The van der Waals surface area contributed by atoms with Crippen molar-refractivity contribution in [1.29, 1.82) is 0 Å². The van der Waals surface area contributed by atoms with Gasteiger partial charge in [0.05, 0.1) is 19.8 Å². The lowest BCUT2D eigenvalue weighted by atomic mass is 9.90. The van der Waals surface area contributed by atoms with E-state index < -0.39 is 0 Å². The third-order valence-corrected chi connectivity index (χ3v) is 6.70. The number of rotatable bonds is 5. The van der Waals surface area contributed by atoms with Crippen LogP contribution in [0.25, 0.3) is 0 Å². The predicted molar refractivity (Wildman–Crippen MR) is 102 cm³/mol. The molecule has 1 N–H and O–H groups in total. The number of thiazole rings is 1. The second-order valence-electron chi connectivity index (χ2n) is 6.75. The highest BCUT2D eigenvalue weighted by molar-refractivity contribution is 7.15. The van der Waals surface area contributed by atoms with Gasteiger partial charge in [0.1, 0.15) is 15.7 Å². The molecule has 1 saturated heterocycles. The summed E-state index contributed by atoms with van der Waals surface area (Å²) >= 11 is 3.02. The lowest BCUT2D eigenvalue weighted by Crippen LogP contribution is -2.35. The van der Waals surface area contributed by atoms with Crippen molar-refractivity contribution in [3.63, 3.8) is 0 Å². The fourth-order valence-corrected chi connectivity index (χ4v) is 5.12. The second-order valence-corrected chi connectivity index (χ2v) is 8.70. The molecule has 0 unspecified atom stereocenters. The molecule has 140 valence electrons.